The molecule has 1 aromatic rings. The average Bonchev–Trinajstić information content (AvgIpc) is 2.67. The van der Waals surface area contributed by atoms with Crippen molar-refractivity contribution in [3.8, 4) is 0 Å². The summed E-state index contributed by atoms with van der Waals surface area (Å²) < 4.78 is 4.73. The molecule has 0 spiro atoms. The summed E-state index contributed by atoms with van der Waals surface area (Å²) >= 11 is 0. The summed E-state index contributed by atoms with van der Waals surface area (Å²) in [5.74, 6) is -0.594. The molecule has 4 heteroatoms. The average molecular weight is 231 g/mol. The fraction of sp³-hybridized carbons (Fsp3) is 0.231. The van der Waals surface area contributed by atoms with Gasteiger partial charge in [0.05, 0.1) is 18.4 Å². The minimum Gasteiger partial charge on any atom is -0.466 e. The van der Waals surface area contributed by atoms with Crippen LogP contribution in [0.1, 0.15) is 18.1 Å². The molecule has 0 aromatic heterocycles. The Morgan fingerprint density at radius 2 is 2.00 bits per heavy atom. The summed E-state index contributed by atoms with van der Waals surface area (Å²) in [5, 5.41) is 2.70. The Bertz CT molecular complexity index is 517. The highest BCUT2D eigenvalue weighted by Crippen LogP contribution is 2.31. The van der Waals surface area contributed by atoms with Crippen molar-refractivity contribution >= 4 is 17.6 Å². The number of methoxy groups -OCH3 is 1. The topological polar surface area (TPSA) is 55.4 Å². The minimum atomic E-state index is -0.398. The maximum Gasteiger partial charge on any atom is 0.336 e. The van der Waals surface area contributed by atoms with Gasteiger partial charge in [-0.15, -0.1) is 0 Å². The maximum absolute atomic E-state index is 11.6. The van der Waals surface area contributed by atoms with Crippen LogP contribution >= 0.6 is 0 Å². The number of fused-ring (bicyclic) bond motifs is 1. The Kier molecular flexibility index (Phi) is 2.95. The van der Waals surface area contributed by atoms with Crippen LogP contribution in [0.2, 0.25) is 0 Å². The molecule has 1 aliphatic rings. The SMILES string of the molecule is COC(=O)C1=C(NC(C)=O)c2ccccc2C1. The Balaban J connectivity index is 2.47. The van der Waals surface area contributed by atoms with Gasteiger partial charge in [0.25, 0.3) is 0 Å². The van der Waals surface area contributed by atoms with Crippen molar-refractivity contribution in [2.24, 2.45) is 0 Å². The predicted octanol–water partition coefficient (Wildman–Crippen LogP) is 1.26. The molecule has 0 saturated heterocycles. The first-order valence-corrected chi connectivity index (χ1v) is 5.31. The van der Waals surface area contributed by atoms with Crippen LogP contribution < -0.4 is 5.32 Å². The van der Waals surface area contributed by atoms with Crippen molar-refractivity contribution in [1.29, 1.82) is 0 Å². The van der Waals surface area contributed by atoms with E-state index < -0.39 is 5.97 Å². The van der Waals surface area contributed by atoms with Crippen molar-refractivity contribution in [2.45, 2.75) is 13.3 Å². The van der Waals surface area contributed by atoms with Gasteiger partial charge in [-0.25, -0.2) is 4.79 Å². The second-order valence-corrected chi connectivity index (χ2v) is 3.86. The summed E-state index contributed by atoms with van der Waals surface area (Å²) in [7, 11) is 1.34. The van der Waals surface area contributed by atoms with Crippen LogP contribution in [0, 0.1) is 0 Å². The van der Waals surface area contributed by atoms with Gasteiger partial charge in [0.1, 0.15) is 0 Å². The molecule has 0 unspecified atom stereocenters. The molecule has 0 aliphatic heterocycles. The fourth-order valence-corrected chi connectivity index (χ4v) is 1.98. The highest BCUT2D eigenvalue weighted by atomic mass is 16.5. The normalized spacial score (nSPS) is 13.3. The second-order valence-electron chi connectivity index (χ2n) is 3.86. The summed E-state index contributed by atoms with van der Waals surface area (Å²) in [6, 6.07) is 7.61. The molecule has 88 valence electrons. The molecule has 0 fully saturated rings. The lowest BCUT2D eigenvalue weighted by molar-refractivity contribution is -0.136. The molecule has 0 radical (unpaired) electrons. The maximum atomic E-state index is 11.6. The van der Waals surface area contributed by atoms with Crippen LogP contribution in [0.3, 0.4) is 0 Å². The van der Waals surface area contributed by atoms with Crippen LogP contribution in [0.5, 0.6) is 0 Å². The van der Waals surface area contributed by atoms with Gasteiger partial charge in [-0.3, -0.25) is 4.79 Å². The highest BCUT2D eigenvalue weighted by Gasteiger charge is 2.26. The van der Waals surface area contributed by atoms with Crippen LogP contribution in [-0.4, -0.2) is 19.0 Å². The quantitative estimate of drug-likeness (QED) is 0.780. The van der Waals surface area contributed by atoms with Crippen LogP contribution in [-0.2, 0) is 20.7 Å². The third-order valence-electron chi connectivity index (χ3n) is 2.69. The molecule has 1 amide bonds. The molecule has 1 N–H and O–H groups in total. The zero-order valence-corrected chi connectivity index (χ0v) is 9.74. The third-order valence-corrected chi connectivity index (χ3v) is 2.69. The van der Waals surface area contributed by atoms with E-state index in [1.165, 1.54) is 14.0 Å². The number of esters is 1. The fourth-order valence-electron chi connectivity index (χ4n) is 1.98. The summed E-state index contributed by atoms with van der Waals surface area (Å²) in [6.07, 6.45) is 0.498. The summed E-state index contributed by atoms with van der Waals surface area (Å²) in [6.45, 7) is 1.42. The lowest BCUT2D eigenvalue weighted by atomic mass is 10.1. The Hall–Kier alpha value is -2.10. The van der Waals surface area contributed by atoms with Crippen molar-refractivity contribution in [2.75, 3.05) is 7.11 Å². The van der Waals surface area contributed by atoms with E-state index in [1.807, 2.05) is 24.3 Å². The van der Waals surface area contributed by atoms with E-state index in [0.29, 0.717) is 17.7 Å². The zero-order valence-electron chi connectivity index (χ0n) is 9.74. The van der Waals surface area contributed by atoms with E-state index >= 15 is 0 Å². The number of rotatable bonds is 2. The number of carbonyl (C=O) groups is 2. The highest BCUT2D eigenvalue weighted by molar-refractivity contribution is 6.03. The van der Waals surface area contributed by atoms with E-state index in [2.05, 4.69) is 5.32 Å². The Labute approximate surface area is 99.3 Å². The zero-order chi connectivity index (χ0) is 12.4. The molecule has 4 nitrogen and oxygen atoms in total. The van der Waals surface area contributed by atoms with Gasteiger partial charge in [-0.2, -0.15) is 0 Å². The lowest BCUT2D eigenvalue weighted by Crippen LogP contribution is -2.20. The van der Waals surface area contributed by atoms with E-state index in [-0.39, 0.29) is 5.91 Å². The first-order valence-electron chi connectivity index (χ1n) is 5.31. The van der Waals surface area contributed by atoms with Crippen molar-refractivity contribution < 1.29 is 14.3 Å². The molecule has 0 heterocycles. The van der Waals surface area contributed by atoms with E-state index in [4.69, 9.17) is 4.74 Å². The van der Waals surface area contributed by atoms with Crippen LogP contribution in [0.15, 0.2) is 29.8 Å². The molecular formula is C13H13NO3. The van der Waals surface area contributed by atoms with Gasteiger partial charge >= 0.3 is 5.97 Å². The van der Waals surface area contributed by atoms with Crippen molar-refractivity contribution in [3.63, 3.8) is 0 Å². The van der Waals surface area contributed by atoms with Gasteiger partial charge in [0.2, 0.25) is 5.91 Å². The monoisotopic (exact) mass is 231 g/mol. The Morgan fingerprint density at radius 3 is 2.65 bits per heavy atom. The van der Waals surface area contributed by atoms with E-state index in [1.54, 1.807) is 0 Å². The minimum absolute atomic E-state index is 0.196. The molecule has 0 bridgehead atoms. The van der Waals surface area contributed by atoms with Crippen LogP contribution in [0.25, 0.3) is 5.70 Å². The van der Waals surface area contributed by atoms with Crippen LogP contribution in [0.4, 0.5) is 0 Å². The summed E-state index contributed by atoms with van der Waals surface area (Å²) in [5.41, 5.74) is 2.99. The Morgan fingerprint density at radius 1 is 1.29 bits per heavy atom. The second kappa shape index (κ2) is 4.41. The van der Waals surface area contributed by atoms with Gasteiger partial charge < -0.3 is 10.1 Å². The third kappa shape index (κ3) is 2.06. The molecule has 1 aliphatic carbocycles. The largest absolute Gasteiger partial charge is 0.466 e. The molecule has 0 atom stereocenters. The predicted molar refractivity (Wildman–Crippen MR) is 62.9 cm³/mol. The van der Waals surface area contributed by atoms with E-state index in [9.17, 15) is 9.59 Å². The molecule has 17 heavy (non-hydrogen) atoms. The van der Waals surface area contributed by atoms with E-state index in [0.717, 1.165) is 11.1 Å². The molecule has 0 saturated carbocycles. The van der Waals surface area contributed by atoms with Crippen molar-refractivity contribution in [3.05, 3.63) is 41.0 Å². The summed E-state index contributed by atoms with van der Waals surface area (Å²) in [4.78, 5) is 22.8. The van der Waals surface area contributed by atoms with Gasteiger partial charge in [0, 0.05) is 18.9 Å². The molecule has 2 rings (SSSR count). The molecule has 1 aromatic carbocycles. The first-order chi connectivity index (χ1) is 8.13. The number of hydrogen-bond acceptors (Lipinski definition) is 3. The number of hydrogen-bond donors (Lipinski definition) is 1. The first kappa shape index (κ1) is 11.4. The number of nitrogens with one attached hydrogen (secondary N) is 1. The van der Waals surface area contributed by atoms with Gasteiger partial charge in [0.15, 0.2) is 0 Å². The lowest BCUT2D eigenvalue weighted by Gasteiger charge is -2.07. The number of amides is 1. The number of ether oxygens (including phenoxy) is 1. The number of carbonyl (C=O) groups excluding carboxylic acids is 2. The van der Waals surface area contributed by atoms with Gasteiger partial charge in [-0.05, 0) is 5.56 Å². The number of benzene rings is 1. The van der Waals surface area contributed by atoms with Crippen molar-refractivity contribution in [1.82, 2.24) is 5.32 Å². The standard InChI is InChI=1S/C13H13NO3/c1-8(15)14-12-10-6-4-3-5-9(10)7-11(12)13(16)17-2/h3-6H,7H2,1-2H3,(H,14,15). The molecular weight excluding hydrogens is 218 g/mol. The smallest absolute Gasteiger partial charge is 0.336 e. The van der Waals surface area contributed by atoms with Gasteiger partial charge in [-0.1, -0.05) is 24.3 Å².